The fourth-order valence-electron chi connectivity index (χ4n) is 2.87. The Morgan fingerprint density at radius 1 is 1.19 bits per heavy atom. The molecule has 0 saturated carbocycles. The van der Waals surface area contributed by atoms with Gasteiger partial charge in [-0.1, -0.05) is 11.6 Å². The fourth-order valence-corrected chi connectivity index (χ4v) is 3.05. The van der Waals surface area contributed by atoms with E-state index in [0.717, 1.165) is 32.4 Å². The van der Waals surface area contributed by atoms with Gasteiger partial charge >= 0.3 is 0 Å². The Morgan fingerprint density at radius 2 is 1.92 bits per heavy atom. The molecule has 2 amide bonds. The Morgan fingerprint density at radius 3 is 2.58 bits per heavy atom. The second kappa shape index (κ2) is 9.07. The van der Waals surface area contributed by atoms with Gasteiger partial charge in [0, 0.05) is 18.1 Å². The van der Waals surface area contributed by atoms with Gasteiger partial charge in [0.2, 0.25) is 0 Å². The Labute approximate surface area is 163 Å². The number of rotatable bonds is 4. The summed E-state index contributed by atoms with van der Waals surface area (Å²) >= 11 is 6.05. The smallest absolute Gasteiger partial charge is 0.258 e. The van der Waals surface area contributed by atoms with Gasteiger partial charge in [-0.3, -0.25) is 9.59 Å². The minimum absolute atomic E-state index is 0. The molecule has 1 aliphatic rings. The molecule has 1 fully saturated rings. The van der Waals surface area contributed by atoms with Crippen LogP contribution in [0.1, 0.15) is 45.7 Å². The van der Waals surface area contributed by atoms with E-state index < -0.39 is 0 Å². The molecule has 1 aliphatic heterocycles. The summed E-state index contributed by atoms with van der Waals surface area (Å²) in [6, 6.07) is 6.46. The van der Waals surface area contributed by atoms with Crippen molar-refractivity contribution >= 4 is 41.5 Å². The van der Waals surface area contributed by atoms with Crippen molar-refractivity contribution in [2.75, 3.05) is 18.4 Å². The monoisotopic (exact) mass is 397 g/mol. The Hall–Kier alpha value is -2.02. The number of nitrogens with two attached hydrogens (primary N) is 1. The predicted octanol–water partition coefficient (Wildman–Crippen LogP) is 3.69. The third-order valence-corrected chi connectivity index (χ3v) is 4.46. The normalized spacial score (nSPS) is 13.8. The average molecular weight is 398 g/mol. The van der Waals surface area contributed by atoms with Crippen molar-refractivity contribution in [3.63, 3.8) is 0 Å². The highest BCUT2D eigenvalue weighted by molar-refractivity contribution is 6.31. The zero-order valence-corrected chi connectivity index (χ0v) is 15.7. The number of hydrogen-bond donors (Lipinski definition) is 2. The zero-order valence-electron chi connectivity index (χ0n) is 14.2. The van der Waals surface area contributed by atoms with Crippen LogP contribution in [0, 0.1) is 0 Å². The van der Waals surface area contributed by atoms with E-state index in [0.29, 0.717) is 27.6 Å². The van der Waals surface area contributed by atoms with Crippen LogP contribution in [0.3, 0.4) is 0 Å². The number of likely N-dealkylation sites (tertiary alicyclic amines) is 1. The van der Waals surface area contributed by atoms with Gasteiger partial charge in [-0.15, -0.1) is 12.4 Å². The number of amides is 2. The molecule has 26 heavy (non-hydrogen) atoms. The second-order valence-electron chi connectivity index (χ2n) is 6.00. The molecule has 1 aromatic heterocycles. The van der Waals surface area contributed by atoms with Crippen LogP contribution in [0.2, 0.25) is 5.02 Å². The highest BCUT2D eigenvalue weighted by Crippen LogP contribution is 2.25. The summed E-state index contributed by atoms with van der Waals surface area (Å²) in [5, 5.41) is 3.20. The summed E-state index contributed by atoms with van der Waals surface area (Å²) in [5.74, 6) is 0.0424. The van der Waals surface area contributed by atoms with E-state index in [2.05, 4.69) is 5.32 Å². The highest BCUT2D eigenvalue weighted by atomic mass is 35.5. The van der Waals surface area contributed by atoms with Crippen LogP contribution < -0.4 is 11.1 Å². The lowest BCUT2D eigenvalue weighted by atomic mass is 10.1. The number of anilines is 1. The molecule has 2 heterocycles. The van der Waals surface area contributed by atoms with Crippen molar-refractivity contribution in [2.24, 2.45) is 5.73 Å². The van der Waals surface area contributed by atoms with Crippen molar-refractivity contribution < 1.29 is 14.0 Å². The largest absolute Gasteiger partial charge is 0.467 e. The van der Waals surface area contributed by atoms with Gasteiger partial charge in [0.1, 0.15) is 12.0 Å². The molecular weight excluding hydrogens is 377 g/mol. The minimum Gasteiger partial charge on any atom is -0.467 e. The summed E-state index contributed by atoms with van der Waals surface area (Å²) in [4.78, 5) is 27.0. The summed E-state index contributed by atoms with van der Waals surface area (Å²) in [6.07, 6.45) is 4.47. The van der Waals surface area contributed by atoms with Crippen LogP contribution in [0.4, 0.5) is 5.69 Å². The first kappa shape index (κ1) is 20.3. The lowest BCUT2D eigenvalue weighted by molar-refractivity contribution is 0.0725. The molecule has 0 spiro atoms. The number of carbonyl (C=O) groups is 2. The summed E-state index contributed by atoms with van der Waals surface area (Å²) in [7, 11) is 0. The number of halogens is 2. The van der Waals surface area contributed by atoms with E-state index >= 15 is 0 Å². The second-order valence-corrected chi connectivity index (χ2v) is 6.44. The first-order valence-electron chi connectivity index (χ1n) is 8.26. The van der Waals surface area contributed by atoms with E-state index in [9.17, 15) is 9.59 Å². The number of hydrogen-bond acceptors (Lipinski definition) is 4. The van der Waals surface area contributed by atoms with Crippen LogP contribution in [-0.2, 0) is 6.54 Å². The maximum Gasteiger partial charge on any atom is 0.258 e. The van der Waals surface area contributed by atoms with E-state index in [1.807, 2.05) is 4.90 Å². The molecule has 0 radical (unpaired) electrons. The quantitative estimate of drug-likeness (QED) is 0.822. The molecule has 6 nitrogen and oxygen atoms in total. The highest BCUT2D eigenvalue weighted by Gasteiger charge is 2.22. The van der Waals surface area contributed by atoms with E-state index in [4.69, 9.17) is 21.8 Å². The van der Waals surface area contributed by atoms with Gasteiger partial charge in [-0.2, -0.15) is 0 Å². The Bertz CT molecular complexity index is 786. The fraction of sp³-hybridized carbons (Fsp3) is 0.333. The number of carbonyl (C=O) groups excluding carboxylic acids is 2. The lowest BCUT2D eigenvalue weighted by Crippen LogP contribution is -2.36. The predicted molar refractivity (Wildman–Crippen MR) is 103 cm³/mol. The maximum absolute atomic E-state index is 12.8. The van der Waals surface area contributed by atoms with E-state index in [1.54, 1.807) is 24.3 Å². The molecule has 140 valence electrons. The van der Waals surface area contributed by atoms with Crippen molar-refractivity contribution in [3.05, 3.63) is 52.4 Å². The van der Waals surface area contributed by atoms with Crippen LogP contribution in [0.5, 0.6) is 0 Å². The van der Waals surface area contributed by atoms with Crippen LogP contribution in [0.15, 0.2) is 34.9 Å². The zero-order chi connectivity index (χ0) is 17.8. The number of nitrogens with zero attached hydrogens (tertiary/aromatic N) is 1. The van der Waals surface area contributed by atoms with Gasteiger partial charge in [-0.25, -0.2) is 0 Å². The van der Waals surface area contributed by atoms with E-state index in [-0.39, 0.29) is 30.8 Å². The molecule has 2 aromatic rings. The Kier molecular flexibility index (Phi) is 7.08. The molecule has 3 rings (SSSR count). The minimum atomic E-state index is -0.376. The van der Waals surface area contributed by atoms with Crippen molar-refractivity contribution in [1.29, 1.82) is 0 Å². The third kappa shape index (κ3) is 4.58. The lowest BCUT2D eigenvalue weighted by Gasteiger charge is -2.27. The molecule has 8 heteroatoms. The standard InChI is InChI=1S/C18H20ClN3O3.ClH/c19-13-4-5-15(18(24)22-6-2-1-3-7-22)16(9-13)21-17(23)12-8-14(10-20)25-11-12;/h4-5,8-9,11H,1-3,6-7,10,20H2,(H,21,23);1H. The SMILES string of the molecule is Cl.NCc1cc(C(=O)Nc2cc(Cl)ccc2C(=O)N2CCCCC2)co1. The van der Waals surface area contributed by atoms with Gasteiger partial charge in [0.15, 0.2) is 0 Å². The van der Waals surface area contributed by atoms with Gasteiger partial charge < -0.3 is 20.4 Å². The summed E-state index contributed by atoms with van der Waals surface area (Å²) in [6.45, 7) is 1.68. The van der Waals surface area contributed by atoms with Gasteiger partial charge in [-0.05, 0) is 43.5 Å². The molecule has 0 aliphatic carbocycles. The average Bonchev–Trinajstić information content (AvgIpc) is 3.11. The molecule has 0 atom stereocenters. The number of piperidine rings is 1. The van der Waals surface area contributed by atoms with Gasteiger partial charge in [0.05, 0.1) is 23.4 Å². The first-order valence-corrected chi connectivity index (χ1v) is 8.64. The topological polar surface area (TPSA) is 88.6 Å². The Balaban J connectivity index is 0.00000243. The molecule has 1 saturated heterocycles. The van der Waals surface area contributed by atoms with Crippen LogP contribution in [0.25, 0.3) is 0 Å². The van der Waals surface area contributed by atoms with Gasteiger partial charge in [0.25, 0.3) is 11.8 Å². The van der Waals surface area contributed by atoms with Crippen LogP contribution in [-0.4, -0.2) is 29.8 Å². The number of nitrogens with one attached hydrogen (secondary N) is 1. The van der Waals surface area contributed by atoms with Crippen molar-refractivity contribution in [2.45, 2.75) is 25.8 Å². The van der Waals surface area contributed by atoms with Crippen LogP contribution >= 0.6 is 24.0 Å². The first-order chi connectivity index (χ1) is 12.1. The van der Waals surface area contributed by atoms with Crippen molar-refractivity contribution in [1.82, 2.24) is 4.90 Å². The summed E-state index contributed by atoms with van der Waals surface area (Å²) in [5.41, 5.74) is 6.66. The maximum atomic E-state index is 12.8. The molecule has 0 unspecified atom stereocenters. The molecule has 0 bridgehead atoms. The number of benzene rings is 1. The number of furan rings is 1. The van der Waals surface area contributed by atoms with E-state index in [1.165, 1.54) is 6.26 Å². The molecule has 1 aromatic carbocycles. The molecule has 3 N–H and O–H groups in total. The van der Waals surface area contributed by atoms with Crippen molar-refractivity contribution in [3.8, 4) is 0 Å². The molecular formula is C18H21Cl2N3O3. The third-order valence-electron chi connectivity index (χ3n) is 4.22. The summed E-state index contributed by atoms with van der Waals surface area (Å²) < 4.78 is 5.18.